The predicted molar refractivity (Wildman–Crippen MR) is 73.0 cm³/mol. The number of hydrogen-bond donors (Lipinski definition) is 2. The molecule has 2 fully saturated rings. The quantitative estimate of drug-likeness (QED) is 0.882. The maximum atomic E-state index is 10.1. The molecule has 1 heterocycles. The minimum atomic E-state index is 0.339. The van der Waals surface area contributed by atoms with E-state index in [0.29, 0.717) is 22.7 Å². The summed E-state index contributed by atoms with van der Waals surface area (Å²) in [7, 11) is 0. The third-order valence-corrected chi connectivity index (χ3v) is 4.16. The summed E-state index contributed by atoms with van der Waals surface area (Å²) in [4.78, 5) is 2.49. The zero-order chi connectivity index (χ0) is 12.5. The van der Waals surface area contributed by atoms with Gasteiger partial charge in [0.1, 0.15) is 5.75 Å². The Bertz CT molecular complexity index is 428. The molecule has 0 spiro atoms. The van der Waals surface area contributed by atoms with E-state index in [0.717, 1.165) is 31.7 Å². The number of phenols is 1. The van der Waals surface area contributed by atoms with Crippen molar-refractivity contribution < 1.29 is 5.11 Å². The van der Waals surface area contributed by atoms with Crippen LogP contribution in [0.15, 0.2) is 18.2 Å². The molecule has 1 saturated carbocycles. The van der Waals surface area contributed by atoms with Crippen LogP contribution < -0.4 is 5.32 Å². The van der Waals surface area contributed by atoms with E-state index < -0.39 is 0 Å². The molecule has 2 N–H and O–H groups in total. The topological polar surface area (TPSA) is 35.5 Å². The van der Waals surface area contributed by atoms with Crippen LogP contribution in [-0.2, 0) is 0 Å². The van der Waals surface area contributed by atoms with Gasteiger partial charge in [-0.25, -0.2) is 0 Å². The predicted octanol–water partition coefficient (Wildman–Crippen LogP) is 2.40. The number of hydrogen-bond acceptors (Lipinski definition) is 3. The average Bonchev–Trinajstić information content (AvgIpc) is 3.20. The normalized spacial score (nSPS) is 22.9. The van der Waals surface area contributed by atoms with Gasteiger partial charge in [0.25, 0.3) is 0 Å². The van der Waals surface area contributed by atoms with Crippen LogP contribution in [0.3, 0.4) is 0 Å². The molecule has 1 aromatic carbocycles. The Morgan fingerprint density at radius 1 is 1.28 bits per heavy atom. The standard InChI is InChI=1S/C14H19ClN2O/c15-11-3-4-13(18)12(9-11)14(10-1-2-10)17-7-5-16-6-8-17/h3-4,9-10,14,16,18H,1-2,5-8H2/t14-/m1/s1. The van der Waals surface area contributed by atoms with Gasteiger partial charge < -0.3 is 10.4 Å². The van der Waals surface area contributed by atoms with Crippen LogP contribution in [0.2, 0.25) is 5.02 Å². The molecule has 1 aliphatic heterocycles. The van der Waals surface area contributed by atoms with Gasteiger partial charge in [-0.2, -0.15) is 0 Å². The maximum absolute atomic E-state index is 10.1. The molecule has 0 radical (unpaired) electrons. The van der Waals surface area contributed by atoms with E-state index in [1.54, 1.807) is 12.1 Å². The van der Waals surface area contributed by atoms with Crippen LogP contribution in [0.4, 0.5) is 0 Å². The summed E-state index contributed by atoms with van der Waals surface area (Å²) in [5.74, 6) is 1.07. The molecule has 0 bridgehead atoms. The van der Waals surface area contributed by atoms with Crippen molar-refractivity contribution in [2.24, 2.45) is 5.92 Å². The minimum Gasteiger partial charge on any atom is -0.508 e. The first-order valence-corrected chi connectivity index (χ1v) is 7.06. The molecule has 1 saturated heterocycles. The molecule has 18 heavy (non-hydrogen) atoms. The summed E-state index contributed by atoms with van der Waals surface area (Å²) < 4.78 is 0. The Morgan fingerprint density at radius 3 is 2.67 bits per heavy atom. The molecule has 4 heteroatoms. The summed E-state index contributed by atoms with van der Waals surface area (Å²) in [5.41, 5.74) is 1.01. The molecule has 2 aliphatic rings. The molecule has 1 atom stereocenters. The zero-order valence-electron chi connectivity index (χ0n) is 10.4. The smallest absolute Gasteiger partial charge is 0.120 e. The lowest BCUT2D eigenvalue weighted by atomic mass is 9.99. The molecule has 0 unspecified atom stereocenters. The van der Waals surface area contributed by atoms with E-state index in [9.17, 15) is 5.11 Å². The van der Waals surface area contributed by atoms with E-state index in [1.807, 2.05) is 6.07 Å². The number of halogens is 1. The van der Waals surface area contributed by atoms with Crippen molar-refractivity contribution in [3.8, 4) is 5.75 Å². The van der Waals surface area contributed by atoms with Crippen molar-refractivity contribution in [1.82, 2.24) is 10.2 Å². The van der Waals surface area contributed by atoms with Crippen molar-refractivity contribution >= 4 is 11.6 Å². The number of nitrogens with zero attached hydrogens (tertiary/aromatic N) is 1. The summed E-state index contributed by atoms with van der Waals surface area (Å²) in [6.45, 7) is 4.16. The number of nitrogens with one attached hydrogen (secondary N) is 1. The first-order valence-electron chi connectivity index (χ1n) is 6.69. The van der Waals surface area contributed by atoms with Gasteiger partial charge in [0.2, 0.25) is 0 Å². The number of aromatic hydroxyl groups is 1. The second-order valence-electron chi connectivity index (χ2n) is 5.27. The highest BCUT2D eigenvalue weighted by Crippen LogP contribution is 2.47. The molecule has 3 nitrogen and oxygen atoms in total. The number of benzene rings is 1. The van der Waals surface area contributed by atoms with Crippen molar-refractivity contribution in [3.63, 3.8) is 0 Å². The van der Waals surface area contributed by atoms with Gasteiger partial charge in [-0.15, -0.1) is 0 Å². The molecular weight excluding hydrogens is 248 g/mol. The van der Waals surface area contributed by atoms with E-state index in [2.05, 4.69) is 10.2 Å². The lowest BCUT2D eigenvalue weighted by molar-refractivity contribution is 0.153. The second kappa shape index (κ2) is 5.08. The largest absolute Gasteiger partial charge is 0.508 e. The Labute approximate surface area is 113 Å². The second-order valence-corrected chi connectivity index (χ2v) is 5.71. The first kappa shape index (κ1) is 12.3. The fourth-order valence-corrected chi connectivity index (χ4v) is 3.06. The van der Waals surface area contributed by atoms with Gasteiger partial charge in [-0.3, -0.25) is 4.90 Å². The highest BCUT2D eigenvalue weighted by Gasteiger charge is 2.38. The van der Waals surface area contributed by atoms with Gasteiger partial charge in [0, 0.05) is 42.8 Å². The van der Waals surface area contributed by atoms with Crippen LogP contribution in [0.25, 0.3) is 0 Å². The fraction of sp³-hybridized carbons (Fsp3) is 0.571. The minimum absolute atomic E-state index is 0.339. The maximum Gasteiger partial charge on any atom is 0.120 e. The summed E-state index contributed by atoms with van der Waals surface area (Å²) in [6.07, 6.45) is 2.53. The SMILES string of the molecule is Oc1ccc(Cl)cc1[C@@H](C1CC1)N1CCNCC1. The highest BCUT2D eigenvalue weighted by atomic mass is 35.5. The number of rotatable bonds is 3. The average molecular weight is 267 g/mol. The van der Waals surface area contributed by atoms with Gasteiger partial charge in [-0.1, -0.05) is 11.6 Å². The van der Waals surface area contributed by atoms with Crippen molar-refractivity contribution in [2.75, 3.05) is 26.2 Å². The number of phenolic OH excluding ortho intramolecular Hbond substituents is 1. The van der Waals surface area contributed by atoms with Gasteiger partial charge in [-0.05, 0) is 37.0 Å². The van der Waals surface area contributed by atoms with E-state index in [1.165, 1.54) is 12.8 Å². The van der Waals surface area contributed by atoms with Crippen molar-refractivity contribution in [2.45, 2.75) is 18.9 Å². The Kier molecular flexibility index (Phi) is 3.46. The first-order chi connectivity index (χ1) is 8.75. The van der Waals surface area contributed by atoms with Gasteiger partial charge in [0.05, 0.1) is 0 Å². The monoisotopic (exact) mass is 266 g/mol. The fourth-order valence-electron chi connectivity index (χ4n) is 2.88. The van der Waals surface area contributed by atoms with E-state index in [4.69, 9.17) is 11.6 Å². The molecule has 1 aliphatic carbocycles. The van der Waals surface area contributed by atoms with Crippen molar-refractivity contribution in [1.29, 1.82) is 0 Å². The molecule has 98 valence electrons. The summed E-state index contributed by atoms with van der Waals surface area (Å²) in [5, 5.41) is 14.2. The molecular formula is C14H19ClN2O. The van der Waals surface area contributed by atoms with Gasteiger partial charge >= 0.3 is 0 Å². The zero-order valence-corrected chi connectivity index (χ0v) is 11.2. The molecule has 1 aromatic rings. The van der Waals surface area contributed by atoms with Crippen LogP contribution in [0.1, 0.15) is 24.4 Å². The Morgan fingerprint density at radius 2 is 2.00 bits per heavy atom. The Balaban J connectivity index is 1.90. The summed E-state index contributed by atoms with van der Waals surface area (Å²) >= 11 is 6.08. The number of piperazine rings is 1. The van der Waals surface area contributed by atoms with E-state index in [-0.39, 0.29) is 0 Å². The molecule has 0 aromatic heterocycles. The molecule has 0 amide bonds. The molecule has 3 rings (SSSR count). The van der Waals surface area contributed by atoms with Crippen LogP contribution >= 0.6 is 11.6 Å². The van der Waals surface area contributed by atoms with E-state index >= 15 is 0 Å². The van der Waals surface area contributed by atoms with Crippen LogP contribution in [0.5, 0.6) is 5.75 Å². The third-order valence-electron chi connectivity index (χ3n) is 3.92. The highest BCUT2D eigenvalue weighted by molar-refractivity contribution is 6.30. The van der Waals surface area contributed by atoms with Gasteiger partial charge in [0.15, 0.2) is 0 Å². The third kappa shape index (κ3) is 2.48. The van der Waals surface area contributed by atoms with Crippen molar-refractivity contribution in [3.05, 3.63) is 28.8 Å². The Hall–Kier alpha value is -0.770. The van der Waals surface area contributed by atoms with Crippen LogP contribution in [0, 0.1) is 5.92 Å². The van der Waals surface area contributed by atoms with Crippen LogP contribution in [-0.4, -0.2) is 36.2 Å². The lowest BCUT2D eigenvalue weighted by Gasteiger charge is -2.35. The lowest BCUT2D eigenvalue weighted by Crippen LogP contribution is -2.45. The summed E-state index contributed by atoms with van der Waals surface area (Å²) in [6, 6.07) is 5.74.